The summed E-state index contributed by atoms with van der Waals surface area (Å²) in [5, 5.41) is 10.2. The van der Waals surface area contributed by atoms with Crippen LogP contribution in [0.15, 0.2) is 22.8 Å². The van der Waals surface area contributed by atoms with Crippen LogP contribution in [-0.2, 0) is 0 Å². The molecule has 0 aromatic rings. The zero-order chi connectivity index (χ0) is 11.9. The summed E-state index contributed by atoms with van der Waals surface area (Å²) in [6.45, 7) is 8.47. The first-order chi connectivity index (χ1) is 7.39. The molecule has 0 aliphatic heterocycles. The minimum atomic E-state index is -0.578. The zero-order valence-electron chi connectivity index (χ0n) is 11.0. The molecule has 0 unspecified atom stereocenters. The van der Waals surface area contributed by atoms with Crippen molar-refractivity contribution in [3.8, 4) is 0 Å². The monoisotopic (exact) mass is 220 g/mol. The SMILES string of the molecule is CC1=C2CC[C@@H](C)C2=C[C@H](C(C)(C)O)CC1. The molecule has 2 aliphatic rings. The molecule has 90 valence electrons. The van der Waals surface area contributed by atoms with E-state index in [9.17, 15) is 5.11 Å². The maximum atomic E-state index is 10.2. The molecule has 1 nitrogen and oxygen atoms in total. The first kappa shape index (κ1) is 11.9. The minimum absolute atomic E-state index is 0.315. The standard InChI is InChI=1S/C15H24O/c1-10-5-7-12(15(3,4)16)9-14-11(2)6-8-13(10)14/h9,11-12,16H,5-8H2,1-4H3/t11-,12-/m1/s1. The highest BCUT2D eigenvalue weighted by atomic mass is 16.3. The van der Waals surface area contributed by atoms with E-state index >= 15 is 0 Å². The van der Waals surface area contributed by atoms with E-state index in [1.807, 2.05) is 13.8 Å². The normalized spacial score (nSPS) is 31.2. The maximum absolute atomic E-state index is 10.2. The lowest BCUT2D eigenvalue weighted by Gasteiger charge is -2.27. The van der Waals surface area contributed by atoms with Crippen LogP contribution in [0.3, 0.4) is 0 Å². The summed E-state index contributed by atoms with van der Waals surface area (Å²) in [6, 6.07) is 0. The first-order valence-electron chi connectivity index (χ1n) is 6.52. The van der Waals surface area contributed by atoms with Gasteiger partial charge in [-0.25, -0.2) is 0 Å². The van der Waals surface area contributed by atoms with Gasteiger partial charge in [-0.15, -0.1) is 0 Å². The Bertz CT molecular complexity index is 341. The van der Waals surface area contributed by atoms with Gasteiger partial charge in [0.1, 0.15) is 0 Å². The second kappa shape index (κ2) is 4.03. The van der Waals surface area contributed by atoms with Crippen molar-refractivity contribution >= 4 is 0 Å². The molecule has 16 heavy (non-hydrogen) atoms. The van der Waals surface area contributed by atoms with Crippen molar-refractivity contribution in [1.82, 2.24) is 0 Å². The Kier molecular flexibility index (Phi) is 3.00. The van der Waals surface area contributed by atoms with Crippen molar-refractivity contribution in [2.24, 2.45) is 11.8 Å². The lowest BCUT2D eigenvalue weighted by molar-refractivity contribution is 0.0337. The van der Waals surface area contributed by atoms with E-state index in [0.717, 1.165) is 12.8 Å². The fourth-order valence-corrected chi connectivity index (χ4v) is 3.06. The number of rotatable bonds is 1. The third-order valence-corrected chi connectivity index (χ3v) is 4.34. The molecule has 1 saturated carbocycles. The van der Waals surface area contributed by atoms with Crippen LogP contribution in [0.25, 0.3) is 0 Å². The van der Waals surface area contributed by atoms with Crippen molar-refractivity contribution < 1.29 is 5.11 Å². The molecule has 0 bridgehead atoms. The summed E-state index contributed by atoms with van der Waals surface area (Å²) in [6.07, 6.45) is 7.14. The van der Waals surface area contributed by atoms with Gasteiger partial charge in [0.05, 0.1) is 5.60 Å². The van der Waals surface area contributed by atoms with E-state index < -0.39 is 5.60 Å². The number of hydrogen-bond donors (Lipinski definition) is 1. The lowest BCUT2D eigenvalue weighted by atomic mass is 9.85. The quantitative estimate of drug-likeness (QED) is 0.712. The Morgan fingerprint density at radius 3 is 2.56 bits per heavy atom. The minimum Gasteiger partial charge on any atom is -0.390 e. The van der Waals surface area contributed by atoms with E-state index in [1.54, 1.807) is 11.1 Å². The largest absolute Gasteiger partial charge is 0.390 e. The molecular weight excluding hydrogens is 196 g/mol. The van der Waals surface area contributed by atoms with Crippen molar-refractivity contribution in [3.05, 3.63) is 22.8 Å². The second-order valence-electron chi connectivity index (χ2n) is 6.12. The summed E-state index contributed by atoms with van der Waals surface area (Å²) in [4.78, 5) is 0. The van der Waals surface area contributed by atoms with E-state index in [-0.39, 0.29) is 0 Å². The Labute approximate surface area is 99.3 Å². The fourth-order valence-electron chi connectivity index (χ4n) is 3.06. The van der Waals surface area contributed by atoms with E-state index in [1.165, 1.54) is 18.4 Å². The smallest absolute Gasteiger partial charge is 0.0654 e. The molecule has 0 aromatic heterocycles. The van der Waals surface area contributed by atoms with Crippen molar-refractivity contribution in [1.29, 1.82) is 0 Å². The van der Waals surface area contributed by atoms with Crippen molar-refractivity contribution in [2.45, 2.75) is 59.0 Å². The molecule has 0 spiro atoms. The summed E-state index contributed by atoms with van der Waals surface area (Å²) >= 11 is 0. The summed E-state index contributed by atoms with van der Waals surface area (Å²) in [5.74, 6) is 1.00. The van der Waals surface area contributed by atoms with Gasteiger partial charge in [0.15, 0.2) is 0 Å². The first-order valence-corrected chi connectivity index (χ1v) is 6.52. The van der Waals surface area contributed by atoms with Crippen LogP contribution in [0.2, 0.25) is 0 Å². The highest BCUT2D eigenvalue weighted by Crippen LogP contribution is 2.43. The van der Waals surface area contributed by atoms with Gasteiger partial charge in [0.2, 0.25) is 0 Å². The molecule has 2 atom stereocenters. The van der Waals surface area contributed by atoms with Crippen molar-refractivity contribution in [3.63, 3.8) is 0 Å². The molecule has 0 saturated heterocycles. The van der Waals surface area contributed by atoms with Crippen LogP contribution in [0.1, 0.15) is 53.4 Å². The number of hydrogen-bond acceptors (Lipinski definition) is 1. The van der Waals surface area contributed by atoms with Crippen LogP contribution in [0, 0.1) is 11.8 Å². The summed E-state index contributed by atoms with van der Waals surface area (Å²) in [5.41, 5.74) is 4.11. The van der Waals surface area contributed by atoms with Gasteiger partial charge in [-0.05, 0) is 63.5 Å². The molecular formula is C15H24O. The molecule has 1 N–H and O–H groups in total. The molecule has 2 aliphatic carbocycles. The van der Waals surface area contributed by atoms with Crippen LogP contribution >= 0.6 is 0 Å². The topological polar surface area (TPSA) is 20.2 Å². The van der Waals surface area contributed by atoms with Gasteiger partial charge in [0, 0.05) is 5.92 Å². The van der Waals surface area contributed by atoms with E-state index in [2.05, 4.69) is 19.9 Å². The molecule has 0 heterocycles. The van der Waals surface area contributed by atoms with Gasteiger partial charge in [-0.1, -0.05) is 18.6 Å². The Balaban J connectivity index is 2.35. The molecule has 2 rings (SSSR count). The fraction of sp³-hybridized carbons (Fsp3) is 0.733. The molecule has 0 radical (unpaired) electrons. The van der Waals surface area contributed by atoms with Crippen LogP contribution in [0.5, 0.6) is 0 Å². The molecule has 1 heteroatoms. The van der Waals surface area contributed by atoms with Gasteiger partial charge >= 0.3 is 0 Å². The third kappa shape index (κ3) is 2.10. The average Bonchev–Trinajstić information content (AvgIpc) is 2.42. The highest BCUT2D eigenvalue weighted by Gasteiger charge is 2.31. The highest BCUT2D eigenvalue weighted by molar-refractivity contribution is 5.42. The maximum Gasteiger partial charge on any atom is 0.0654 e. The van der Waals surface area contributed by atoms with Crippen LogP contribution < -0.4 is 0 Å². The van der Waals surface area contributed by atoms with E-state index in [0.29, 0.717) is 11.8 Å². The lowest BCUT2D eigenvalue weighted by Crippen LogP contribution is -2.29. The molecule has 0 amide bonds. The predicted octanol–water partition coefficient (Wildman–Crippen LogP) is 3.84. The molecule has 1 fully saturated rings. The summed E-state index contributed by atoms with van der Waals surface area (Å²) < 4.78 is 0. The predicted molar refractivity (Wildman–Crippen MR) is 68.2 cm³/mol. The van der Waals surface area contributed by atoms with Gasteiger partial charge in [0.25, 0.3) is 0 Å². The second-order valence-corrected chi connectivity index (χ2v) is 6.12. The van der Waals surface area contributed by atoms with Crippen LogP contribution in [-0.4, -0.2) is 10.7 Å². The van der Waals surface area contributed by atoms with Gasteiger partial charge < -0.3 is 5.11 Å². The Morgan fingerprint density at radius 1 is 1.25 bits per heavy atom. The van der Waals surface area contributed by atoms with E-state index in [4.69, 9.17) is 0 Å². The number of fused-ring (bicyclic) bond motifs is 1. The zero-order valence-corrected chi connectivity index (χ0v) is 11.0. The van der Waals surface area contributed by atoms with Gasteiger partial charge in [-0.2, -0.15) is 0 Å². The third-order valence-electron chi connectivity index (χ3n) is 4.34. The summed E-state index contributed by atoms with van der Waals surface area (Å²) in [7, 11) is 0. The number of aliphatic hydroxyl groups is 1. The number of allylic oxidation sites excluding steroid dienone is 3. The molecule has 0 aromatic carbocycles. The Hall–Kier alpha value is -0.560. The average molecular weight is 220 g/mol. The Morgan fingerprint density at radius 2 is 1.94 bits per heavy atom. The van der Waals surface area contributed by atoms with Crippen molar-refractivity contribution in [2.75, 3.05) is 0 Å². The van der Waals surface area contributed by atoms with Gasteiger partial charge in [-0.3, -0.25) is 0 Å². The van der Waals surface area contributed by atoms with Crippen LogP contribution in [0.4, 0.5) is 0 Å².